The van der Waals surface area contributed by atoms with E-state index in [2.05, 4.69) is 21.4 Å². The molecule has 0 spiro atoms. The van der Waals surface area contributed by atoms with Crippen LogP contribution in [0, 0.1) is 19.3 Å². The summed E-state index contributed by atoms with van der Waals surface area (Å²) >= 11 is 0. The molecule has 20 heavy (non-hydrogen) atoms. The maximum atomic E-state index is 11.8. The normalized spacial score (nSPS) is 11.7. The average Bonchev–Trinajstić information content (AvgIpc) is 2.95. The van der Waals surface area contributed by atoms with Crippen molar-refractivity contribution in [2.75, 3.05) is 5.32 Å². The molecular formula is C14H14N4O2. The number of amides is 1. The summed E-state index contributed by atoms with van der Waals surface area (Å²) in [6.07, 6.45) is 6.59. The quantitative estimate of drug-likeness (QED) is 0.817. The van der Waals surface area contributed by atoms with E-state index in [1.165, 1.54) is 6.39 Å². The van der Waals surface area contributed by atoms with Gasteiger partial charge in [0.25, 0.3) is 0 Å². The van der Waals surface area contributed by atoms with Gasteiger partial charge >= 0.3 is 0 Å². The van der Waals surface area contributed by atoms with E-state index in [9.17, 15) is 4.79 Å². The lowest BCUT2D eigenvalue weighted by atomic mass is 10.1. The number of hydrogen-bond acceptors (Lipinski definition) is 5. The first-order valence-electron chi connectivity index (χ1n) is 5.99. The van der Waals surface area contributed by atoms with Crippen LogP contribution in [0.5, 0.6) is 0 Å². The summed E-state index contributed by atoms with van der Waals surface area (Å²) in [4.78, 5) is 11.8. The minimum absolute atomic E-state index is 0.199. The van der Waals surface area contributed by atoms with Gasteiger partial charge in [0, 0.05) is 17.7 Å². The molecule has 0 fully saturated rings. The Hall–Kier alpha value is -2.65. The second-order valence-corrected chi connectivity index (χ2v) is 4.28. The van der Waals surface area contributed by atoms with Crippen molar-refractivity contribution in [1.82, 2.24) is 10.2 Å². The Balaban J connectivity index is 2.15. The zero-order chi connectivity index (χ0) is 14.5. The van der Waals surface area contributed by atoms with Crippen LogP contribution < -0.4 is 11.1 Å². The Morgan fingerprint density at radius 3 is 3.00 bits per heavy atom. The van der Waals surface area contributed by atoms with Crippen LogP contribution in [0.1, 0.15) is 12.0 Å². The van der Waals surface area contributed by atoms with Crippen molar-refractivity contribution in [2.24, 2.45) is 5.73 Å². The first-order chi connectivity index (χ1) is 9.61. The van der Waals surface area contributed by atoms with Crippen LogP contribution in [-0.2, 0) is 4.79 Å². The van der Waals surface area contributed by atoms with Crippen LogP contribution in [0.2, 0.25) is 0 Å². The van der Waals surface area contributed by atoms with Crippen LogP contribution >= 0.6 is 0 Å². The molecule has 1 unspecified atom stereocenters. The number of terminal acetylenes is 1. The number of nitrogens with zero attached hydrogens (tertiary/aromatic N) is 2. The van der Waals surface area contributed by atoms with E-state index in [4.69, 9.17) is 16.6 Å². The highest BCUT2D eigenvalue weighted by atomic mass is 16.4. The van der Waals surface area contributed by atoms with Gasteiger partial charge in [-0.15, -0.1) is 22.5 Å². The third kappa shape index (κ3) is 3.02. The smallest absolute Gasteiger partial charge is 0.247 e. The molecule has 0 saturated heterocycles. The molecule has 0 aliphatic carbocycles. The second kappa shape index (κ2) is 5.99. The van der Waals surface area contributed by atoms with E-state index in [0.717, 1.165) is 11.1 Å². The van der Waals surface area contributed by atoms with Gasteiger partial charge in [-0.2, -0.15) is 0 Å². The minimum atomic E-state index is -0.713. The largest absolute Gasteiger partial charge is 0.423 e. The number of hydrogen-bond donors (Lipinski definition) is 2. The van der Waals surface area contributed by atoms with Crippen LogP contribution in [0.25, 0.3) is 11.5 Å². The number of carbonyl (C=O) groups excluding carboxylic acids is 1. The standard InChI is InChI=1S/C14H14N4O2/c1-3-4-11(15)13(19)17-12-6-5-10(7-9(12)2)14-18-16-8-20-14/h1,5-8,11H,4,15H2,2H3,(H,17,19). The zero-order valence-corrected chi connectivity index (χ0v) is 11.0. The average molecular weight is 270 g/mol. The number of benzene rings is 1. The van der Waals surface area contributed by atoms with E-state index >= 15 is 0 Å². The first-order valence-corrected chi connectivity index (χ1v) is 5.99. The molecule has 1 aromatic carbocycles. The second-order valence-electron chi connectivity index (χ2n) is 4.28. The molecule has 6 nitrogen and oxygen atoms in total. The highest BCUT2D eigenvalue weighted by Gasteiger charge is 2.14. The van der Waals surface area contributed by atoms with Gasteiger partial charge in [-0.05, 0) is 30.7 Å². The van der Waals surface area contributed by atoms with Crippen molar-refractivity contribution in [1.29, 1.82) is 0 Å². The summed E-state index contributed by atoms with van der Waals surface area (Å²) in [5, 5.41) is 10.2. The highest BCUT2D eigenvalue weighted by molar-refractivity contribution is 5.95. The van der Waals surface area contributed by atoms with Crippen LogP contribution in [-0.4, -0.2) is 22.1 Å². The topological polar surface area (TPSA) is 94.0 Å². The maximum absolute atomic E-state index is 11.8. The third-order valence-corrected chi connectivity index (χ3v) is 2.77. The molecule has 0 bridgehead atoms. The summed E-state index contributed by atoms with van der Waals surface area (Å²) in [7, 11) is 0. The summed E-state index contributed by atoms with van der Waals surface area (Å²) < 4.78 is 5.11. The molecule has 102 valence electrons. The third-order valence-electron chi connectivity index (χ3n) is 2.77. The molecule has 6 heteroatoms. The molecule has 0 aliphatic heterocycles. The van der Waals surface area contributed by atoms with Gasteiger partial charge < -0.3 is 15.5 Å². The Bertz CT molecular complexity index is 644. The molecule has 3 N–H and O–H groups in total. The predicted octanol–water partition coefficient (Wildman–Crippen LogP) is 1.33. The van der Waals surface area contributed by atoms with Crippen molar-refractivity contribution in [3.8, 4) is 23.8 Å². The monoisotopic (exact) mass is 270 g/mol. The fourth-order valence-corrected chi connectivity index (χ4v) is 1.68. The van der Waals surface area contributed by atoms with Crippen LogP contribution in [0.15, 0.2) is 29.0 Å². The molecule has 1 heterocycles. The van der Waals surface area contributed by atoms with E-state index in [-0.39, 0.29) is 12.3 Å². The minimum Gasteiger partial charge on any atom is -0.423 e. The van der Waals surface area contributed by atoms with Crippen molar-refractivity contribution in [3.05, 3.63) is 30.2 Å². The van der Waals surface area contributed by atoms with Gasteiger partial charge in [-0.3, -0.25) is 4.79 Å². The predicted molar refractivity (Wildman–Crippen MR) is 74.5 cm³/mol. The Labute approximate surface area is 116 Å². The molecule has 1 aromatic heterocycles. The van der Waals surface area contributed by atoms with Gasteiger partial charge in [0.1, 0.15) is 0 Å². The number of carbonyl (C=O) groups is 1. The van der Waals surface area contributed by atoms with Crippen LogP contribution in [0.4, 0.5) is 5.69 Å². The lowest BCUT2D eigenvalue weighted by Gasteiger charge is -2.12. The fraction of sp³-hybridized carbons (Fsp3) is 0.214. The molecule has 0 aliphatic rings. The summed E-state index contributed by atoms with van der Waals surface area (Å²) in [6, 6.07) is 4.67. The van der Waals surface area contributed by atoms with Gasteiger partial charge in [-0.25, -0.2) is 0 Å². The molecule has 0 radical (unpaired) electrons. The van der Waals surface area contributed by atoms with E-state index < -0.39 is 6.04 Å². The van der Waals surface area contributed by atoms with E-state index in [1.807, 2.05) is 13.0 Å². The lowest BCUT2D eigenvalue weighted by molar-refractivity contribution is -0.117. The molecule has 2 aromatic rings. The van der Waals surface area contributed by atoms with Crippen molar-refractivity contribution in [3.63, 3.8) is 0 Å². The van der Waals surface area contributed by atoms with E-state index in [1.54, 1.807) is 12.1 Å². The van der Waals surface area contributed by atoms with E-state index in [0.29, 0.717) is 11.6 Å². The fourth-order valence-electron chi connectivity index (χ4n) is 1.68. The maximum Gasteiger partial charge on any atom is 0.247 e. The summed E-state index contributed by atoms with van der Waals surface area (Å²) in [5.41, 5.74) is 7.96. The van der Waals surface area contributed by atoms with Gasteiger partial charge in [0.2, 0.25) is 18.2 Å². The molecule has 1 amide bonds. The number of rotatable bonds is 4. The van der Waals surface area contributed by atoms with Crippen LogP contribution in [0.3, 0.4) is 0 Å². The lowest BCUT2D eigenvalue weighted by Crippen LogP contribution is -2.35. The number of anilines is 1. The molecule has 1 atom stereocenters. The molecular weight excluding hydrogens is 256 g/mol. The number of nitrogens with two attached hydrogens (primary N) is 1. The Kier molecular flexibility index (Phi) is 4.13. The molecule has 2 rings (SSSR count). The van der Waals surface area contributed by atoms with Gasteiger partial charge in [-0.1, -0.05) is 0 Å². The number of aryl methyl sites for hydroxylation is 1. The number of nitrogens with one attached hydrogen (secondary N) is 1. The van der Waals surface area contributed by atoms with Gasteiger partial charge in [0.05, 0.1) is 6.04 Å². The molecule has 0 saturated carbocycles. The highest BCUT2D eigenvalue weighted by Crippen LogP contribution is 2.23. The zero-order valence-electron chi connectivity index (χ0n) is 11.0. The summed E-state index contributed by atoms with van der Waals surface area (Å²) in [6.45, 7) is 1.86. The van der Waals surface area contributed by atoms with Crippen molar-refractivity contribution in [2.45, 2.75) is 19.4 Å². The Morgan fingerprint density at radius 2 is 2.40 bits per heavy atom. The Morgan fingerprint density at radius 1 is 1.60 bits per heavy atom. The first kappa shape index (κ1) is 13.8. The van der Waals surface area contributed by atoms with Crippen molar-refractivity contribution < 1.29 is 9.21 Å². The summed E-state index contributed by atoms with van der Waals surface area (Å²) in [5.74, 6) is 2.48. The number of aromatic nitrogens is 2. The van der Waals surface area contributed by atoms with Crippen molar-refractivity contribution >= 4 is 11.6 Å². The SMILES string of the molecule is C#CCC(N)C(=O)Nc1ccc(-c2nnco2)cc1C. The van der Waals surface area contributed by atoms with Gasteiger partial charge in [0.15, 0.2) is 0 Å².